The number of urea groups is 1. The summed E-state index contributed by atoms with van der Waals surface area (Å²) in [5.41, 5.74) is -0.0933. The van der Waals surface area contributed by atoms with Gasteiger partial charge in [0.25, 0.3) is 0 Å². The van der Waals surface area contributed by atoms with Crippen LogP contribution in [0.4, 0.5) is 4.79 Å². The molecule has 0 aromatic carbocycles. The molecule has 0 radical (unpaired) electrons. The van der Waals surface area contributed by atoms with Crippen LogP contribution < -0.4 is 5.32 Å². The summed E-state index contributed by atoms with van der Waals surface area (Å²) < 4.78 is 5.69. The maximum Gasteiger partial charge on any atom is 0.319 e. The number of hydrogen-bond donors (Lipinski definition) is 1. The lowest BCUT2D eigenvalue weighted by Crippen LogP contribution is -2.69. The zero-order chi connectivity index (χ0) is 10.2. The first kappa shape index (κ1) is 9.73. The number of morpholine rings is 1. The predicted molar refractivity (Wildman–Crippen MR) is 52.2 cm³/mol. The van der Waals surface area contributed by atoms with Crippen LogP contribution in [0, 0.1) is 0 Å². The Kier molecular flexibility index (Phi) is 2.36. The number of nitrogens with one attached hydrogen (secondary N) is 1. The van der Waals surface area contributed by atoms with Crippen LogP contribution in [0.3, 0.4) is 0 Å². The molecule has 14 heavy (non-hydrogen) atoms. The van der Waals surface area contributed by atoms with E-state index in [4.69, 9.17) is 4.74 Å². The molecule has 0 saturated carbocycles. The molecule has 2 aliphatic heterocycles. The van der Waals surface area contributed by atoms with Gasteiger partial charge in [0.05, 0.1) is 13.2 Å². The van der Waals surface area contributed by atoms with Gasteiger partial charge in [0.15, 0.2) is 0 Å². The SMILES string of the molecule is CN(C)C(=O)N1CCOC2(CNC2)C1. The molecule has 5 nitrogen and oxygen atoms in total. The second kappa shape index (κ2) is 3.40. The smallest absolute Gasteiger partial charge is 0.319 e. The summed E-state index contributed by atoms with van der Waals surface area (Å²) in [6, 6.07) is 0.0829. The maximum atomic E-state index is 11.7. The van der Waals surface area contributed by atoms with E-state index in [0.717, 1.165) is 19.6 Å². The molecule has 80 valence electrons. The molecule has 0 unspecified atom stereocenters. The summed E-state index contributed by atoms with van der Waals surface area (Å²) >= 11 is 0. The average Bonchev–Trinajstić information content (AvgIpc) is 2.14. The summed E-state index contributed by atoms with van der Waals surface area (Å²) in [7, 11) is 3.56. The molecule has 0 aliphatic carbocycles. The number of hydrogen-bond acceptors (Lipinski definition) is 3. The van der Waals surface area contributed by atoms with E-state index in [1.807, 2.05) is 4.90 Å². The minimum atomic E-state index is -0.0933. The highest BCUT2D eigenvalue weighted by atomic mass is 16.5. The van der Waals surface area contributed by atoms with E-state index in [2.05, 4.69) is 5.32 Å². The lowest BCUT2D eigenvalue weighted by molar-refractivity contribution is -0.126. The van der Waals surface area contributed by atoms with Crippen molar-refractivity contribution in [2.24, 2.45) is 0 Å². The van der Waals surface area contributed by atoms with Gasteiger partial charge in [-0.1, -0.05) is 0 Å². The summed E-state index contributed by atoms with van der Waals surface area (Å²) in [6.45, 7) is 3.81. The highest BCUT2D eigenvalue weighted by molar-refractivity contribution is 5.74. The molecule has 5 heteroatoms. The monoisotopic (exact) mass is 199 g/mol. The van der Waals surface area contributed by atoms with Crippen LogP contribution in [0.25, 0.3) is 0 Å². The fraction of sp³-hybridized carbons (Fsp3) is 0.889. The van der Waals surface area contributed by atoms with E-state index in [0.29, 0.717) is 13.2 Å². The molecule has 1 N–H and O–H groups in total. The van der Waals surface area contributed by atoms with Gasteiger partial charge in [-0.2, -0.15) is 0 Å². The van der Waals surface area contributed by atoms with E-state index < -0.39 is 0 Å². The molecular weight excluding hydrogens is 182 g/mol. The van der Waals surface area contributed by atoms with Crippen LogP contribution in [-0.4, -0.2) is 68.3 Å². The van der Waals surface area contributed by atoms with Crippen LogP contribution in [0.1, 0.15) is 0 Å². The lowest BCUT2D eigenvalue weighted by atomic mass is 9.95. The molecule has 0 atom stereocenters. The number of nitrogens with zero attached hydrogens (tertiary/aromatic N) is 2. The van der Waals surface area contributed by atoms with Gasteiger partial charge in [-0.25, -0.2) is 4.79 Å². The van der Waals surface area contributed by atoms with Crippen molar-refractivity contribution in [2.75, 3.05) is 46.9 Å². The number of ether oxygens (including phenoxy) is 1. The Morgan fingerprint density at radius 2 is 2.21 bits per heavy atom. The third-order valence-electron chi connectivity index (χ3n) is 2.80. The van der Waals surface area contributed by atoms with E-state index in [1.54, 1.807) is 19.0 Å². The Morgan fingerprint density at radius 1 is 1.50 bits per heavy atom. The first-order chi connectivity index (χ1) is 6.63. The Hall–Kier alpha value is -0.810. The van der Waals surface area contributed by atoms with Crippen molar-refractivity contribution in [3.63, 3.8) is 0 Å². The average molecular weight is 199 g/mol. The highest BCUT2D eigenvalue weighted by Crippen LogP contribution is 2.22. The first-order valence-corrected chi connectivity index (χ1v) is 4.94. The van der Waals surface area contributed by atoms with Crippen LogP contribution >= 0.6 is 0 Å². The van der Waals surface area contributed by atoms with Gasteiger partial charge in [0, 0.05) is 33.7 Å². The molecule has 2 aliphatic rings. The summed E-state index contributed by atoms with van der Waals surface area (Å²) in [6.07, 6.45) is 0. The third-order valence-corrected chi connectivity index (χ3v) is 2.80. The Morgan fingerprint density at radius 3 is 2.71 bits per heavy atom. The molecular formula is C9H17N3O2. The Bertz CT molecular complexity index is 238. The van der Waals surface area contributed by atoms with Crippen molar-refractivity contribution < 1.29 is 9.53 Å². The minimum absolute atomic E-state index is 0.0829. The zero-order valence-corrected chi connectivity index (χ0v) is 8.75. The molecule has 0 aromatic rings. The fourth-order valence-corrected chi connectivity index (χ4v) is 1.91. The normalized spacial score (nSPS) is 24.6. The minimum Gasteiger partial charge on any atom is -0.369 e. The van der Waals surface area contributed by atoms with Crippen molar-refractivity contribution in [2.45, 2.75) is 5.60 Å². The molecule has 1 spiro atoms. The fourth-order valence-electron chi connectivity index (χ4n) is 1.91. The van der Waals surface area contributed by atoms with E-state index in [1.165, 1.54) is 0 Å². The van der Waals surface area contributed by atoms with Crippen molar-refractivity contribution in [3.05, 3.63) is 0 Å². The summed E-state index contributed by atoms with van der Waals surface area (Å²) in [5.74, 6) is 0. The van der Waals surface area contributed by atoms with E-state index >= 15 is 0 Å². The van der Waals surface area contributed by atoms with E-state index in [-0.39, 0.29) is 11.6 Å². The van der Waals surface area contributed by atoms with Crippen LogP contribution in [-0.2, 0) is 4.74 Å². The molecule has 2 fully saturated rings. The van der Waals surface area contributed by atoms with Crippen LogP contribution in [0.5, 0.6) is 0 Å². The van der Waals surface area contributed by atoms with Crippen molar-refractivity contribution in [3.8, 4) is 0 Å². The number of carbonyl (C=O) groups is 1. The molecule has 0 bridgehead atoms. The van der Waals surface area contributed by atoms with Crippen molar-refractivity contribution in [1.29, 1.82) is 0 Å². The summed E-state index contributed by atoms with van der Waals surface area (Å²) in [5, 5.41) is 3.18. The van der Waals surface area contributed by atoms with Gasteiger partial charge in [-0.15, -0.1) is 0 Å². The second-order valence-electron chi connectivity index (χ2n) is 4.23. The van der Waals surface area contributed by atoms with Crippen LogP contribution in [0.15, 0.2) is 0 Å². The molecule has 0 aromatic heterocycles. The quantitative estimate of drug-likeness (QED) is 0.563. The van der Waals surface area contributed by atoms with Gasteiger partial charge in [0.2, 0.25) is 0 Å². The van der Waals surface area contributed by atoms with E-state index in [9.17, 15) is 4.79 Å². The van der Waals surface area contributed by atoms with Gasteiger partial charge in [-0.05, 0) is 0 Å². The molecule has 2 saturated heterocycles. The standard InChI is InChI=1S/C9H17N3O2/c1-11(2)8(13)12-3-4-14-9(7-12)5-10-6-9/h10H,3-7H2,1-2H3. The van der Waals surface area contributed by atoms with Gasteiger partial charge < -0.3 is 19.9 Å². The molecule has 2 heterocycles. The number of amides is 2. The molecule has 2 amide bonds. The Labute approximate surface area is 84.0 Å². The third kappa shape index (κ3) is 1.57. The lowest BCUT2D eigenvalue weighted by Gasteiger charge is -2.48. The zero-order valence-electron chi connectivity index (χ0n) is 8.75. The Balaban J connectivity index is 1.97. The largest absolute Gasteiger partial charge is 0.369 e. The first-order valence-electron chi connectivity index (χ1n) is 4.94. The predicted octanol–water partition coefficient (Wildman–Crippen LogP) is -0.658. The van der Waals surface area contributed by atoms with Gasteiger partial charge >= 0.3 is 6.03 Å². The number of carbonyl (C=O) groups excluding carboxylic acids is 1. The molecule has 2 rings (SSSR count). The second-order valence-corrected chi connectivity index (χ2v) is 4.23. The maximum absolute atomic E-state index is 11.7. The van der Waals surface area contributed by atoms with Crippen molar-refractivity contribution in [1.82, 2.24) is 15.1 Å². The topological polar surface area (TPSA) is 44.8 Å². The van der Waals surface area contributed by atoms with Gasteiger partial charge in [-0.3, -0.25) is 0 Å². The summed E-state index contributed by atoms with van der Waals surface area (Å²) in [4.78, 5) is 15.2. The van der Waals surface area contributed by atoms with Crippen molar-refractivity contribution >= 4 is 6.03 Å². The van der Waals surface area contributed by atoms with Crippen LogP contribution in [0.2, 0.25) is 0 Å². The van der Waals surface area contributed by atoms with Gasteiger partial charge in [0.1, 0.15) is 5.60 Å². The number of rotatable bonds is 0. The highest BCUT2D eigenvalue weighted by Gasteiger charge is 2.43.